The number of ketones is 1. The zero-order valence-corrected chi connectivity index (χ0v) is 8.38. The van der Waals surface area contributed by atoms with E-state index in [1.165, 1.54) is 38.5 Å². The van der Waals surface area contributed by atoms with E-state index in [9.17, 15) is 4.79 Å². The van der Waals surface area contributed by atoms with Crippen molar-refractivity contribution >= 4 is 5.78 Å². The minimum Gasteiger partial charge on any atom is -0.299 e. The summed E-state index contributed by atoms with van der Waals surface area (Å²) >= 11 is 0. The summed E-state index contributed by atoms with van der Waals surface area (Å²) < 4.78 is 0. The van der Waals surface area contributed by atoms with Gasteiger partial charge >= 0.3 is 0 Å². The summed E-state index contributed by atoms with van der Waals surface area (Å²) in [4.78, 5) is 12.0. The van der Waals surface area contributed by atoms with Crippen LogP contribution in [0.4, 0.5) is 0 Å². The minimum absolute atomic E-state index is 0.421. The number of hydrogen-bond acceptors (Lipinski definition) is 1. The molecule has 0 radical (unpaired) electrons. The van der Waals surface area contributed by atoms with E-state index in [1.807, 2.05) is 0 Å². The molecule has 0 spiro atoms. The molecule has 4 saturated carbocycles. The predicted octanol–water partition coefficient (Wildman–Crippen LogP) is 2.79. The molecule has 4 aliphatic rings. The zero-order chi connectivity index (χ0) is 9.05. The number of fused-ring (bicyclic) bond motifs is 1. The van der Waals surface area contributed by atoms with Gasteiger partial charge in [0, 0.05) is 11.8 Å². The van der Waals surface area contributed by atoms with E-state index in [-0.39, 0.29) is 0 Å². The fraction of sp³-hybridized carbons (Fsp3) is 0.917. The van der Waals surface area contributed by atoms with Crippen molar-refractivity contribution in [2.45, 2.75) is 45.4 Å². The van der Waals surface area contributed by atoms with Gasteiger partial charge in [0.2, 0.25) is 0 Å². The second-order valence-corrected chi connectivity index (χ2v) is 5.56. The Morgan fingerprint density at radius 1 is 1.31 bits per heavy atom. The molecule has 1 heteroatoms. The molecule has 13 heavy (non-hydrogen) atoms. The average Bonchev–Trinajstić information content (AvgIpc) is 2.11. The van der Waals surface area contributed by atoms with Crippen molar-refractivity contribution in [3.05, 3.63) is 0 Å². The normalized spacial score (nSPS) is 53.9. The van der Waals surface area contributed by atoms with Gasteiger partial charge in [-0.3, -0.25) is 4.79 Å². The molecule has 4 rings (SSSR count). The van der Waals surface area contributed by atoms with E-state index in [0.29, 0.717) is 23.0 Å². The van der Waals surface area contributed by atoms with Gasteiger partial charge in [0.05, 0.1) is 0 Å². The first-order chi connectivity index (χ1) is 6.22. The highest BCUT2D eigenvalue weighted by Gasteiger charge is 2.56. The highest BCUT2D eigenvalue weighted by molar-refractivity contribution is 5.86. The first-order valence-electron chi connectivity index (χ1n) is 5.75. The lowest BCUT2D eigenvalue weighted by Gasteiger charge is -2.57. The molecule has 1 nitrogen and oxygen atoms in total. The number of rotatable bonds is 0. The Bertz CT molecular complexity index is 258. The summed E-state index contributed by atoms with van der Waals surface area (Å²) in [5, 5.41) is 0. The van der Waals surface area contributed by atoms with Crippen molar-refractivity contribution in [1.82, 2.24) is 0 Å². The monoisotopic (exact) mass is 178 g/mol. The fourth-order valence-electron chi connectivity index (χ4n) is 4.23. The molecule has 4 aliphatic carbocycles. The van der Waals surface area contributed by atoms with Gasteiger partial charge in [-0.25, -0.2) is 0 Å². The summed E-state index contributed by atoms with van der Waals surface area (Å²) in [6.07, 6.45) is 7.66. The first-order valence-corrected chi connectivity index (χ1v) is 5.75. The van der Waals surface area contributed by atoms with Crippen LogP contribution in [-0.2, 0) is 4.79 Å². The van der Waals surface area contributed by atoms with Gasteiger partial charge < -0.3 is 0 Å². The van der Waals surface area contributed by atoms with E-state index < -0.39 is 0 Å². The first kappa shape index (κ1) is 8.02. The molecule has 4 fully saturated rings. The average molecular weight is 178 g/mol. The molecular weight excluding hydrogens is 160 g/mol. The summed E-state index contributed by atoms with van der Waals surface area (Å²) in [5.74, 6) is 2.45. The lowest BCUT2D eigenvalue weighted by atomic mass is 9.46. The maximum Gasteiger partial charge on any atom is 0.139 e. The zero-order valence-electron chi connectivity index (χ0n) is 8.38. The van der Waals surface area contributed by atoms with E-state index in [0.717, 1.165) is 5.92 Å². The van der Waals surface area contributed by atoms with Crippen molar-refractivity contribution in [2.75, 3.05) is 0 Å². The fourth-order valence-corrected chi connectivity index (χ4v) is 4.23. The molecular formula is C12H18O. The quantitative estimate of drug-likeness (QED) is 0.557. The van der Waals surface area contributed by atoms with Crippen LogP contribution in [0.25, 0.3) is 0 Å². The van der Waals surface area contributed by atoms with Crippen molar-refractivity contribution in [3.8, 4) is 0 Å². The van der Waals surface area contributed by atoms with Gasteiger partial charge in [-0.15, -0.1) is 0 Å². The Morgan fingerprint density at radius 3 is 2.92 bits per heavy atom. The molecule has 0 saturated heterocycles. The van der Waals surface area contributed by atoms with Gasteiger partial charge in [0.25, 0.3) is 0 Å². The largest absolute Gasteiger partial charge is 0.299 e. The SMILES string of the molecule is C[C@@]12CC[C@H]3C[C@@H]1CCC[C@@H]2C3=O. The molecule has 0 unspecified atom stereocenters. The third-order valence-electron chi connectivity index (χ3n) is 5.12. The van der Waals surface area contributed by atoms with Crippen LogP contribution in [0.15, 0.2) is 0 Å². The van der Waals surface area contributed by atoms with Gasteiger partial charge in [0.1, 0.15) is 5.78 Å². The summed E-state index contributed by atoms with van der Waals surface area (Å²) in [6.45, 7) is 2.38. The van der Waals surface area contributed by atoms with Crippen LogP contribution >= 0.6 is 0 Å². The number of carbonyl (C=O) groups is 1. The second kappa shape index (κ2) is 2.37. The van der Waals surface area contributed by atoms with Crippen molar-refractivity contribution in [1.29, 1.82) is 0 Å². The molecule has 4 atom stereocenters. The smallest absolute Gasteiger partial charge is 0.139 e. The van der Waals surface area contributed by atoms with E-state index in [4.69, 9.17) is 0 Å². The molecule has 0 heterocycles. The molecule has 0 amide bonds. The maximum absolute atomic E-state index is 12.0. The standard InChI is InChI=1S/C12H18O/c1-12-6-5-8-7-9(12)3-2-4-10(12)11(8)13/h8-10H,2-7H2,1H3/t8-,9-,10+,12+/m0/s1. The van der Waals surface area contributed by atoms with Crippen LogP contribution in [0.2, 0.25) is 0 Å². The lowest BCUT2D eigenvalue weighted by molar-refractivity contribution is -0.154. The number of carbonyl (C=O) groups excluding carboxylic acids is 1. The van der Waals surface area contributed by atoms with Crippen LogP contribution < -0.4 is 0 Å². The highest BCUT2D eigenvalue weighted by Crippen LogP contribution is 2.60. The van der Waals surface area contributed by atoms with E-state index in [1.54, 1.807) is 0 Å². The lowest BCUT2D eigenvalue weighted by Crippen LogP contribution is -2.54. The minimum atomic E-state index is 0.421. The van der Waals surface area contributed by atoms with E-state index in [2.05, 4.69) is 6.92 Å². The third kappa shape index (κ3) is 0.858. The predicted molar refractivity (Wildman–Crippen MR) is 51.3 cm³/mol. The van der Waals surface area contributed by atoms with Crippen LogP contribution in [0.5, 0.6) is 0 Å². The number of Topliss-reactive ketones (excluding diaryl/α,β-unsaturated/α-hetero) is 1. The van der Waals surface area contributed by atoms with Gasteiger partial charge in [-0.2, -0.15) is 0 Å². The number of hydrogen-bond donors (Lipinski definition) is 0. The Kier molecular flexibility index (Phi) is 1.46. The molecule has 0 aromatic rings. The molecule has 0 N–H and O–H groups in total. The Labute approximate surface area is 79.9 Å². The Balaban J connectivity index is 2.03. The van der Waals surface area contributed by atoms with E-state index >= 15 is 0 Å². The Morgan fingerprint density at radius 2 is 2.15 bits per heavy atom. The van der Waals surface area contributed by atoms with Crippen molar-refractivity contribution in [2.24, 2.45) is 23.2 Å². The second-order valence-electron chi connectivity index (χ2n) is 5.56. The molecule has 0 aromatic heterocycles. The highest BCUT2D eigenvalue weighted by atomic mass is 16.1. The van der Waals surface area contributed by atoms with Crippen molar-refractivity contribution < 1.29 is 4.79 Å². The van der Waals surface area contributed by atoms with Crippen LogP contribution in [0.1, 0.15) is 45.4 Å². The molecule has 0 aromatic carbocycles. The van der Waals surface area contributed by atoms with Gasteiger partial charge in [-0.05, 0) is 43.4 Å². The molecule has 4 bridgehead atoms. The summed E-state index contributed by atoms with van der Waals surface area (Å²) in [5.41, 5.74) is 0.421. The maximum atomic E-state index is 12.0. The summed E-state index contributed by atoms with van der Waals surface area (Å²) in [7, 11) is 0. The van der Waals surface area contributed by atoms with Crippen molar-refractivity contribution in [3.63, 3.8) is 0 Å². The van der Waals surface area contributed by atoms with Gasteiger partial charge in [-0.1, -0.05) is 13.3 Å². The van der Waals surface area contributed by atoms with Gasteiger partial charge in [0.15, 0.2) is 0 Å². The van der Waals surface area contributed by atoms with Crippen LogP contribution in [-0.4, -0.2) is 5.78 Å². The molecule has 72 valence electrons. The van der Waals surface area contributed by atoms with Crippen LogP contribution in [0, 0.1) is 23.2 Å². The van der Waals surface area contributed by atoms with Crippen LogP contribution in [0.3, 0.4) is 0 Å². The topological polar surface area (TPSA) is 17.1 Å². The third-order valence-corrected chi connectivity index (χ3v) is 5.12. The Hall–Kier alpha value is -0.330. The summed E-state index contributed by atoms with van der Waals surface area (Å²) in [6, 6.07) is 0. The molecule has 0 aliphatic heterocycles.